The van der Waals surface area contributed by atoms with Gasteiger partial charge in [0, 0.05) is 0 Å². The van der Waals surface area contributed by atoms with Crippen molar-refractivity contribution in [2.24, 2.45) is 5.92 Å². The third-order valence-corrected chi connectivity index (χ3v) is 2.78. The van der Waals surface area contributed by atoms with Gasteiger partial charge in [-0.25, -0.2) is 0 Å². The third kappa shape index (κ3) is 2.58. The molecule has 1 fully saturated rings. The number of carbonyl (C=O) groups is 1. The fourth-order valence-corrected chi connectivity index (χ4v) is 1.88. The molecular weight excluding hydrogens is 224 g/mol. The molecule has 0 saturated carbocycles. The van der Waals surface area contributed by atoms with E-state index in [-0.39, 0.29) is 5.97 Å². The molecule has 1 aliphatic rings. The quantitative estimate of drug-likeness (QED) is 0.583. The molecule has 1 atom stereocenters. The number of benzene rings is 1. The fourth-order valence-electron chi connectivity index (χ4n) is 1.57. The second-order valence-electron chi connectivity index (χ2n) is 3.60. The number of hydrogen-bond donors (Lipinski definition) is 0. The summed E-state index contributed by atoms with van der Waals surface area (Å²) in [5.41, 5.74) is 0. The Kier molecular flexibility index (Phi) is 3.51. The summed E-state index contributed by atoms with van der Waals surface area (Å²) in [5, 5.41) is 0.302. The molecule has 0 N–H and O–H groups in total. The summed E-state index contributed by atoms with van der Waals surface area (Å²) >= 11 is 5.11. The van der Waals surface area contributed by atoms with E-state index in [2.05, 4.69) is 0 Å². The van der Waals surface area contributed by atoms with Crippen molar-refractivity contribution in [3.8, 4) is 5.75 Å². The van der Waals surface area contributed by atoms with Gasteiger partial charge in [-0.15, -0.1) is 0 Å². The molecule has 16 heavy (non-hydrogen) atoms. The second kappa shape index (κ2) is 5.07. The summed E-state index contributed by atoms with van der Waals surface area (Å²) in [6, 6.07) is 9.22. The van der Waals surface area contributed by atoms with Gasteiger partial charge in [0.05, 0.1) is 6.61 Å². The lowest BCUT2D eigenvalue weighted by atomic mass is 10.0. The zero-order chi connectivity index (χ0) is 11.4. The molecule has 1 aromatic rings. The van der Waals surface area contributed by atoms with E-state index in [0.717, 1.165) is 6.42 Å². The van der Waals surface area contributed by atoms with Gasteiger partial charge in [0.25, 0.3) is 0 Å². The highest BCUT2D eigenvalue weighted by molar-refractivity contribution is 7.80. The highest BCUT2D eigenvalue weighted by atomic mass is 32.1. The molecule has 1 aromatic carbocycles. The number of ether oxygens (including phenoxy) is 2. The molecule has 1 saturated heterocycles. The Bertz CT molecular complexity index is 389. The lowest BCUT2D eigenvalue weighted by molar-refractivity contribution is -0.150. The van der Waals surface area contributed by atoms with Crippen LogP contribution in [0.5, 0.6) is 5.75 Å². The zero-order valence-electron chi connectivity index (χ0n) is 8.72. The maximum atomic E-state index is 11.4. The SMILES string of the molecule is O=C1OCCCC1C(=S)Oc1ccccc1. The lowest BCUT2D eigenvalue weighted by Crippen LogP contribution is -2.32. The predicted octanol–water partition coefficient (Wildman–Crippen LogP) is 2.35. The van der Waals surface area contributed by atoms with E-state index in [9.17, 15) is 4.79 Å². The minimum absolute atomic E-state index is 0.271. The molecular formula is C12H12O3S. The highest BCUT2D eigenvalue weighted by Crippen LogP contribution is 2.20. The fraction of sp³-hybridized carbons (Fsp3) is 0.333. The van der Waals surface area contributed by atoms with Crippen molar-refractivity contribution in [2.75, 3.05) is 6.61 Å². The van der Waals surface area contributed by atoms with Gasteiger partial charge in [0.2, 0.25) is 0 Å². The summed E-state index contributed by atoms with van der Waals surface area (Å²) in [4.78, 5) is 11.4. The van der Waals surface area contributed by atoms with Crippen LogP contribution in [0.1, 0.15) is 12.8 Å². The second-order valence-corrected chi connectivity index (χ2v) is 4.00. The van der Waals surface area contributed by atoms with Gasteiger partial charge < -0.3 is 9.47 Å². The van der Waals surface area contributed by atoms with Crippen LogP contribution in [0.2, 0.25) is 0 Å². The van der Waals surface area contributed by atoms with Crippen molar-refractivity contribution in [2.45, 2.75) is 12.8 Å². The average molecular weight is 236 g/mol. The van der Waals surface area contributed by atoms with Crippen LogP contribution in [0.3, 0.4) is 0 Å². The molecule has 4 heteroatoms. The van der Waals surface area contributed by atoms with Crippen LogP contribution in [0.4, 0.5) is 0 Å². The van der Waals surface area contributed by atoms with Gasteiger partial charge in [-0.3, -0.25) is 4.79 Å². The minimum Gasteiger partial charge on any atom is -0.465 e. The third-order valence-electron chi connectivity index (χ3n) is 2.41. The normalized spacial score (nSPS) is 20.0. The summed E-state index contributed by atoms with van der Waals surface area (Å²) < 4.78 is 10.4. The number of hydrogen-bond acceptors (Lipinski definition) is 4. The van der Waals surface area contributed by atoms with Crippen LogP contribution in [0.25, 0.3) is 0 Å². The molecule has 2 rings (SSSR count). The first kappa shape index (κ1) is 11.1. The number of thiocarbonyl (C=S) groups is 1. The smallest absolute Gasteiger partial charge is 0.317 e. The van der Waals surface area contributed by atoms with Crippen LogP contribution >= 0.6 is 12.2 Å². The van der Waals surface area contributed by atoms with Gasteiger partial charge in [-0.2, -0.15) is 0 Å². The van der Waals surface area contributed by atoms with Crippen molar-refractivity contribution in [3.63, 3.8) is 0 Å². The maximum Gasteiger partial charge on any atom is 0.317 e. The Morgan fingerprint density at radius 3 is 2.81 bits per heavy atom. The van der Waals surface area contributed by atoms with Crippen LogP contribution in [0.15, 0.2) is 30.3 Å². The predicted molar refractivity (Wildman–Crippen MR) is 63.4 cm³/mol. The average Bonchev–Trinajstić information content (AvgIpc) is 2.31. The summed E-state index contributed by atoms with van der Waals surface area (Å²) in [7, 11) is 0. The Morgan fingerprint density at radius 2 is 2.12 bits per heavy atom. The molecule has 0 aliphatic carbocycles. The standard InChI is InChI=1S/C12H12O3S/c13-11-10(7-4-8-14-11)12(16)15-9-5-2-1-3-6-9/h1-3,5-6,10H,4,7-8H2. The van der Waals surface area contributed by atoms with Gasteiger partial charge >= 0.3 is 5.97 Å². The summed E-state index contributed by atoms with van der Waals surface area (Å²) in [6.45, 7) is 0.489. The van der Waals surface area contributed by atoms with Gasteiger partial charge in [0.1, 0.15) is 11.7 Å². The largest absolute Gasteiger partial charge is 0.465 e. The van der Waals surface area contributed by atoms with E-state index in [1.54, 1.807) is 12.1 Å². The summed E-state index contributed by atoms with van der Waals surface area (Å²) in [5.74, 6) is -0.0120. The van der Waals surface area contributed by atoms with Crippen LogP contribution in [-0.2, 0) is 9.53 Å². The molecule has 0 bridgehead atoms. The first-order chi connectivity index (χ1) is 7.77. The van der Waals surface area contributed by atoms with Crippen molar-refractivity contribution in [3.05, 3.63) is 30.3 Å². The highest BCUT2D eigenvalue weighted by Gasteiger charge is 2.29. The molecule has 0 spiro atoms. The first-order valence-corrected chi connectivity index (χ1v) is 5.61. The Morgan fingerprint density at radius 1 is 1.38 bits per heavy atom. The van der Waals surface area contributed by atoms with Gasteiger partial charge in [0.15, 0.2) is 5.05 Å². The number of para-hydroxylation sites is 1. The van der Waals surface area contributed by atoms with E-state index in [0.29, 0.717) is 23.8 Å². The van der Waals surface area contributed by atoms with E-state index in [1.807, 2.05) is 18.2 Å². The molecule has 1 aliphatic heterocycles. The van der Waals surface area contributed by atoms with Crippen LogP contribution in [-0.4, -0.2) is 17.6 Å². The van der Waals surface area contributed by atoms with Crippen molar-refractivity contribution < 1.29 is 14.3 Å². The van der Waals surface area contributed by atoms with E-state index in [4.69, 9.17) is 21.7 Å². The van der Waals surface area contributed by atoms with E-state index < -0.39 is 5.92 Å². The molecule has 1 unspecified atom stereocenters. The van der Waals surface area contributed by atoms with Crippen LogP contribution in [0, 0.1) is 5.92 Å². The van der Waals surface area contributed by atoms with Crippen molar-refractivity contribution >= 4 is 23.2 Å². The van der Waals surface area contributed by atoms with Crippen molar-refractivity contribution in [1.82, 2.24) is 0 Å². The Hall–Kier alpha value is -1.42. The Balaban J connectivity index is 2.00. The van der Waals surface area contributed by atoms with Gasteiger partial charge in [-0.05, 0) is 37.2 Å². The first-order valence-electron chi connectivity index (χ1n) is 5.21. The molecule has 0 aromatic heterocycles. The minimum atomic E-state index is -0.399. The molecule has 84 valence electrons. The number of esters is 1. The molecule has 0 radical (unpaired) electrons. The van der Waals surface area contributed by atoms with Crippen LogP contribution < -0.4 is 4.74 Å². The number of rotatable bonds is 2. The Labute approximate surface area is 99.4 Å². The molecule has 1 heterocycles. The molecule has 3 nitrogen and oxygen atoms in total. The molecule has 0 amide bonds. The zero-order valence-corrected chi connectivity index (χ0v) is 9.53. The van der Waals surface area contributed by atoms with E-state index >= 15 is 0 Å². The van der Waals surface area contributed by atoms with E-state index in [1.165, 1.54) is 0 Å². The maximum absolute atomic E-state index is 11.4. The summed E-state index contributed by atoms with van der Waals surface area (Å²) in [6.07, 6.45) is 1.55. The lowest BCUT2D eigenvalue weighted by Gasteiger charge is -2.21. The topological polar surface area (TPSA) is 35.5 Å². The number of cyclic esters (lactones) is 1. The monoisotopic (exact) mass is 236 g/mol. The van der Waals surface area contributed by atoms with Crippen molar-refractivity contribution in [1.29, 1.82) is 0 Å². The van der Waals surface area contributed by atoms with Gasteiger partial charge in [-0.1, -0.05) is 18.2 Å². The number of carbonyl (C=O) groups excluding carboxylic acids is 1.